The summed E-state index contributed by atoms with van der Waals surface area (Å²) < 4.78 is 5.24. The number of epoxide rings is 1. The first-order valence-corrected chi connectivity index (χ1v) is 5.56. The molecule has 0 radical (unpaired) electrons. The van der Waals surface area contributed by atoms with E-state index in [1.54, 1.807) is 0 Å². The fraction of sp³-hybridized carbons (Fsp3) is 1.00. The molecule has 0 aromatic rings. The molecule has 1 heterocycles. The van der Waals surface area contributed by atoms with Gasteiger partial charge < -0.3 is 4.74 Å². The minimum Gasteiger partial charge on any atom is -0.373 e. The average molecular weight is 195 g/mol. The lowest BCUT2D eigenvalue weighted by Gasteiger charge is -2.19. The average Bonchev–Trinajstić information content (AvgIpc) is 2.98. The Morgan fingerprint density at radius 2 is 2.07 bits per heavy atom. The Kier molecular flexibility index (Phi) is 3.27. The normalized spacial score (nSPS) is 37.0. The molecule has 2 fully saturated rings. The summed E-state index contributed by atoms with van der Waals surface area (Å²) in [7, 11) is 0. The van der Waals surface area contributed by atoms with Gasteiger partial charge in [0.2, 0.25) is 0 Å². The third-order valence-corrected chi connectivity index (χ3v) is 3.29. The van der Waals surface area contributed by atoms with Crippen molar-refractivity contribution in [3.05, 3.63) is 10.4 Å². The molecular formula is C10H17N3O. The Labute approximate surface area is 84.3 Å². The molecule has 0 aromatic heterocycles. The highest BCUT2D eigenvalue weighted by Gasteiger charge is 2.31. The van der Waals surface area contributed by atoms with E-state index in [1.807, 2.05) is 0 Å². The van der Waals surface area contributed by atoms with Crippen LogP contribution < -0.4 is 0 Å². The standard InChI is InChI=1S/C10H17N3O/c11-13-12-10-5-3-1-2-4-8(10)6-9-7-14-9/h8-10H,1-7H2/t8-,9+,10-/m0/s1. The zero-order chi connectivity index (χ0) is 9.80. The number of rotatable bonds is 3. The maximum absolute atomic E-state index is 8.50. The fourth-order valence-corrected chi connectivity index (χ4v) is 2.40. The van der Waals surface area contributed by atoms with Crippen molar-refractivity contribution >= 4 is 0 Å². The second kappa shape index (κ2) is 4.67. The predicted octanol–water partition coefficient (Wildman–Crippen LogP) is 3.03. The molecule has 3 atom stereocenters. The number of hydrogen-bond donors (Lipinski definition) is 0. The molecule has 4 heteroatoms. The number of ether oxygens (including phenoxy) is 1. The molecule has 1 aliphatic carbocycles. The predicted molar refractivity (Wildman–Crippen MR) is 53.9 cm³/mol. The van der Waals surface area contributed by atoms with Crippen molar-refractivity contribution in [1.29, 1.82) is 0 Å². The molecule has 4 nitrogen and oxygen atoms in total. The van der Waals surface area contributed by atoms with Gasteiger partial charge in [0.25, 0.3) is 0 Å². The van der Waals surface area contributed by atoms with Crippen LogP contribution in [0.15, 0.2) is 5.11 Å². The van der Waals surface area contributed by atoms with Crippen molar-refractivity contribution in [3.63, 3.8) is 0 Å². The summed E-state index contributed by atoms with van der Waals surface area (Å²) in [6.45, 7) is 0.916. The van der Waals surface area contributed by atoms with E-state index < -0.39 is 0 Å². The summed E-state index contributed by atoms with van der Waals surface area (Å²) in [6, 6.07) is 0.228. The van der Waals surface area contributed by atoms with Gasteiger partial charge in [-0.15, -0.1) is 0 Å². The Balaban J connectivity index is 1.94. The first-order valence-electron chi connectivity index (χ1n) is 5.56. The molecule has 2 aliphatic rings. The highest BCUT2D eigenvalue weighted by atomic mass is 16.6. The smallest absolute Gasteiger partial charge is 0.0812 e. The maximum atomic E-state index is 8.50. The van der Waals surface area contributed by atoms with Crippen molar-refractivity contribution in [2.45, 2.75) is 50.7 Å². The zero-order valence-electron chi connectivity index (χ0n) is 8.43. The molecule has 78 valence electrons. The van der Waals surface area contributed by atoms with Crippen LogP contribution in [0.2, 0.25) is 0 Å². The van der Waals surface area contributed by atoms with Gasteiger partial charge in [0.15, 0.2) is 0 Å². The van der Waals surface area contributed by atoms with Crippen LogP contribution in [0.3, 0.4) is 0 Å². The minimum atomic E-state index is 0.228. The van der Waals surface area contributed by atoms with Crippen molar-refractivity contribution in [2.24, 2.45) is 11.0 Å². The van der Waals surface area contributed by atoms with Crippen LogP contribution >= 0.6 is 0 Å². The summed E-state index contributed by atoms with van der Waals surface area (Å²) in [6.07, 6.45) is 7.64. The molecular weight excluding hydrogens is 178 g/mol. The third kappa shape index (κ3) is 2.63. The summed E-state index contributed by atoms with van der Waals surface area (Å²) in [5.74, 6) is 0.570. The molecule has 1 aliphatic heterocycles. The van der Waals surface area contributed by atoms with Gasteiger partial charge in [-0.05, 0) is 30.7 Å². The van der Waals surface area contributed by atoms with Crippen LogP contribution in [0.1, 0.15) is 38.5 Å². The SMILES string of the molecule is [N-]=[N+]=N[C@H]1CCCCC[C@H]1C[C@@H]1CO1. The summed E-state index contributed by atoms with van der Waals surface area (Å²) in [5, 5.41) is 3.93. The van der Waals surface area contributed by atoms with Crippen molar-refractivity contribution in [1.82, 2.24) is 0 Å². The van der Waals surface area contributed by atoms with Crippen LogP contribution in [0.25, 0.3) is 10.4 Å². The monoisotopic (exact) mass is 195 g/mol. The highest BCUT2D eigenvalue weighted by molar-refractivity contribution is 4.84. The topological polar surface area (TPSA) is 61.3 Å². The fourth-order valence-electron chi connectivity index (χ4n) is 2.40. The van der Waals surface area contributed by atoms with Gasteiger partial charge in [0.05, 0.1) is 12.7 Å². The van der Waals surface area contributed by atoms with E-state index in [-0.39, 0.29) is 6.04 Å². The van der Waals surface area contributed by atoms with Gasteiger partial charge in [-0.1, -0.05) is 24.4 Å². The van der Waals surface area contributed by atoms with Crippen LogP contribution in [0.4, 0.5) is 0 Å². The van der Waals surface area contributed by atoms with E-state index in [4.69, 9.17) is 10.3 Å². The van der Waals surface area contributed by atoms with Gasteiger partial charge in [-0.2, -0.15) is 0 Å². The molecule has 0 bridgehead atoms. The lowest BCUT2D eigenvalue weighted by Crippen LogP contribution is -2.18. The number of hydrogen-bond acceptors (Lipinski definition) is 2. The van der Waals surface area contributed by atoms with E-state index in [9.17, 15) is 0 Å². The molecule has 2 rings (SSSR count). The Morgan fingerprint density at radius 3 is 2.79 bits per heavy atom. The quantitative estimate of drug-likeness (QED) is 0.224. The van der Waals surface area contributed by atoms with E-state index in [2.05, 4.69) is 10.0 Å². The molecule has 14 heavy (non-hydrogen) atoms. The van der Waals surface area contributed by atoms with E-state index >= 15 is 0 Å². The summed E-state index contributed by atoms with van der Waals surface area (Å²) >= 11 is 0. The Hall–Kier alpha value is -0.730. The van der Waals surface area contributed by atoms with Gasteiger partial charge in [0, 0.05) is 11.0 Å². The molecule has 1 saturated carbocycles. The Bertz CT molecular complexity index is 234. The van der Waals surface area contributed by atoms with Gasteiger partial charge in [-0.25, -0.2) is 0 Å². The Morgan fingerprint density at radius 1 is 1.29 bits per heavy atom. The van der Waals surface area contributed by atoms with Gasteiger partial charge in [0.1, 0.15) is 0 Å². The lowest BCUT2D eigenvalue weighted by atomic mass is 9.91. The van der Waals surface area contributed by atoms with Crippen molar-refractivity contribution in [2.75, 3.05) is 6.61 Å². The van der Waals surface area contributed by atoms with Crippen LogP contribution in [-0.2, 0) is 4.74 Å². The van der Waals surface area contributed by atoms with Gasteiger partial charge >= 0.3 is 0 Å². The molecule has 0 N–H and O–H groups in total. The summed E-state index contributed by atoms with van der Waals surface area (Å²) in [4.78, 5) is 2.96. The van der Waals surface area contributed by atoms with E-state index in [0.29, 0.717) is 12.0 Å². The maximum Gasteiger partial charge on any atom is 0.0812 e. The molecule has 0 unspecified atom stereocenters. The second-order valence-electron chi connectivity index (χ2n) is 4.36. The van der Waals surface area contributed by atoms with Crippen molar-refractivity contribution in [3.8, 4) is 0 Å². The molecule has 0 amide bonds. The first kappa shape index (κ1) is 9.81. The van der Waals surface area contributed by atoms with E-state index in [0.717, 1.165) is 19.4 Å². The first-order chi connectivity index (χ1) is 6.90. The van der Waals surface area contributed by atoms with Gasteiger partial charge in [-0.3, -0.25) is 0 Å². The van der Waals surface area contributed by atoms with Crippen LogP contribution in [-0.4, -0.2) is 18.8 Å². The second-order valence-corrected chi connectivity index (χ2v) is 4.36. The van der Waals surface area contributed by atoms with Crippen LogP contribution in [0, 0.1) is 5.92 Å². The number of azide groups is 1. The van der Waals surface area contributed by atoms with Crippen molar-refractivity contribution < 1.29 is 4.74 Å². The molecule has 0 spiro atoms. The van der Waals surface area contributed by atoms with E-state index in [1.165, 1.54) is 25.7 Å². The summed E-state index contributed by atoms with van der Waals surface area (Å²) in [5.41, 5.74) is 8.50. The highest BCUT2D eigenvalue weighted by Crippen LogP contribution is 2.32. The largest absolute Gasteiger partial charge is 0.373 e. The molecule has 1 saturated heterocycles. The lowest BCUT2D eigenvalue weighted by molar-refractivity contribution is 0.309. The number of nitrogens with zero attached hydrogens (tertiary/aromatic N) is 3. The minimum absolute atomic E-state index is 0.228. The zero-order valence-corrected chi connectivity index (χ0v) is 8.43. The molecule has 0 aromatic carbocycles. The third-order valence-electron chi connectivity index (χ3n) is 3.29. The van der Waals surface area contributed by atoms with Crippen LogP contribution in [0.5, 0.6) is 0 Å².